The van der Waals surface area contributed by atoms with Crippen LogP contribution >= 0.6 is 0 Å². The van der Waals surface area contributed by atoms with Crippen LogP contribution in [0.5, 0.6) is 0 Å². The fraction of sp³-hybridized carbons (Fsp3) is 0.867. The van der Waals surface area contributed by atoms with Gasteiger partial charge in [-0.25, -0.2) is 9.59 Å². The van der Waals surface area contributed by atoms with Crippen LogP contribution in [0.2, 0.25) is 0 Å². The Bertz CT molecular complexity index is 393. The first-order valence-electron chi connectivity index (χ1n) is 7.84. The molecule has 2 saturated heterocycles. The highest BCUT2D eigenvalue weighted by Gasteiger charge is 2.38. The van der Waals surface area contributed by atoms with Crippen LogP contribution in [-0.4, -0.2) is 53.3 Å². The van der Waals surface area contributed by atoms with E-state index in [-0.39, 0.29) is 11.6 Å². The van der Waals surface area contributed by atoms with Crippen LogP contribution in [0.15, 0.2) is 0 Å². The molecule has 0 aromatic rings. The van der Waals surface area contributed by atoms with Crippen LogP contribution < -0.4 is 5.32 Å². The Balaban J connectivity index is 2.01. The number of nitrogens with zero attached hydrogens (tertiary/aromatic N) is 1. The van der Waals surface area contributed by atoms with E-state index < -0.39 is 12.0 Å². The molecule has 2 amide bonds. The summed E-state index contributed by atoms with van der Waals surface area (Å²) in [6, 6.07) is -0.950. The van der Waals surface area contributed by atoms with Crippen molar-refractivity contribution in [2.75, 3.05) is 19.8 Å². The van der Waals surface area contributed by atoms with E-state index in [4.69, 9.17) is 4.74 Å². The van der Waals surface area contributed by atoms with Gasteiger partial charge < -0.3 is 20.1 Å². The minimum Gasteiger partial charge on any atom is -0.480 e. The predicted molar refractivity (Wildman–Crippen MR) is 78.1 cm³/mol. The van der Waals surface area contributed by atoms with Gasteiger partial charge in [0.15, 0.2) is 0 Å². The van der Waals surface area contributed by atoms with Crippen molar-refractivity contribution in [1.82, 2.24) is 10.2 Å². The van der Waals surface area contributed by atoms with Crippen molar-refractivity contribution in [3.8, 4) is 0 Å². The molecule has 0 saturated carbocycles. The molecular weight excluding hydrogens is 272 g/mol. The minimum absolute atomic E-state index is 0.249. The van der Waals surface area contributed by atoms with Crippen LogP contribution in [0.4, 0.5) is 4.79 Å². The van der Waals surface area contributed by atoms with E-state index >= 15 is 0 Å². The first kappa shape index (κ1) is 16.1. The first-order valence-corrected chi connectivity index (χ1v) is 7.84. The lowest BCUT2D eigenvalue weighted by Gasteiger charge is -2.41. The molecule has 0 aromatic heterocycles. The third kappa shape index (κ3) is 3.87. The molecule has 2 fully saturated rings. The van der Waals surface area contributed by atoms with Gasteiger partial charge >= 0.3 is 12.0 Å². The fourth-order valence-electron chi connectivity index (χ4n) is 3.16. The molecular formula is C15H26N2O4. The van der Waals surface area contributed by atoms with E-state index in [9.17, 15) is 14.7 Å². The lowest BCUT2D eigenvalue weighted by molar-refractivity contribution is -0.144. The van der Waals surface area contributed by atoms with Crippen molar-refractivity contribution in [3.05, 3.63) is 0 Å². The summed E-state index contributed by atoms with van der Waals surface area (Å²) < 4.78 is 5.32. The van der Waals surface area contributed by atoms with Crippen molar-refractivity contribution in [2.24, 2.45) is 5.92 Å². The second kappa shape index (κ2) is 6.64. The number of likely N-dealkylation sites (tertiary alicyclic amines) is 1. The molecule has 0 aromatic carbocycles. The molecule has 2 aliphatic rings. The monoisotopic (exact) mass is 298 g/mol. The Labute approximate surface area is 125 Å². The molecule has 120 valence electrons. The van der Waals surface area contributed by atoms with Crippen LogP contribution in [0.1, 0.15) is 46.0 Å². The summed E-state index contributed by atoms with van der Waals surface area (Å²) in [5.74, 6) is -0.505. The molecule has 2 N–H and O–H groups in total. The Hall–Kier alpha value is -1.30. The number of hydrogen-bond donors (Lipinski definition) is 2. The molecule has 2 atom stereocenters. The molecule has 0 aliphatic carbocycles. The maximum Gasteiger partial charge on any atom is 0.326 e. The third-order valence-corrected chi connectivity index (χ3v) is 4.84. The van der Waals surface area contributed by atoms with Gasteiger partial charge in [0.25, 0.3) is 0 Å². The van der Waals surface area contributed by atoms with E-state index in [1.54, 1.807) is 0 Å². The summed E-state index contributed by atoms with van der Waals surface area (Å²) in [4.78, 5) is 25.4. The van der Waals surface area contributed by atoms with Crippen LogP contribution in [0, 0.1) is 5.92 Å². The van der Waals surface area contributed by atoms with Gasteiger partial charge in [-0.2, -0.15) is 0 Å². The molecule has 0 radical (unpaired) electrons. The Morgan fingerprint density at radius 1 is 1.38 bits per heavy atom. The third-order valence-electron chi connectivity index (χ3n) is 4.84. The number of amides is 2. The Morgan fingerprint density at radius 2 is 2.05 bits per heavy atom. The van der Waals surface area contributed by atoms with Crippen LogP contribution in [-0.2, 0) is 9.53 Å². The fourth-order valence-corrected chi connectivity index (χ4v) is 3.16. The molecule has 2 aliphatic heterocycles. The molecule has 21 heavy (non-hydrogen) atoms. The standard InChI is InChI=1S/C15H26N2O4/c1-3-11-4-7-17(12(10-11)13(18)19)14(20)16-15(2)5-8-21-9-6-15/h11-12H,3-10H2,1-2H3,(H,16,20)(H,18,19). The molecule has 2 rings (SSSR count). The number of rotatable bonds is 3. The first-order chi connectivity index (χ1) is 9.95. The number of urea groups is 1. The van der Waals surface area contributed by atoms with E-state index in [2.05, 4.69) is 12.2 Å². The van der Waals surface area contributed by atoms with Crippen LogP contribution in [0.25, 0.3) is 0 Å². The summed E-state index contributed by atoms with van der Waals surface area (Å²) in [6.07, 6.45) is 3.94. The summed E-state index contributed by atoms with van der Waals surface area (Å²) in [5, 5.41) is 12.4. The van der Waals surface area contributed by atoms with Gasteiger partial charge in [0, 0.05) is 25.3 Å². The second-order valence-electron chi connectivity index (χ2n) is 6.45. The lowest BCUT2D eigenvalue weighted by Crippen LogP contribution is -2.59. The Kier molecular flexibility index (Phi) is 5.08. The summed E-state index contributed by atoms with van der Waals surface area (Å²) >= 11 is 0. The topological polar surface area (TPSA) is 78.9 Å². The van der Waals surface area contributed by atoms with E-state index in [1.165, 1.54) is 4.90 Å². The maximum atomic E-state index is 12.5. The van der Waals surface area contributed by atoms with Crippen molar-refractivity contribution in [1.29, 1.82) is 0 Å². The number of hydrogen-bond acceptors (Lipinski definition) is 3. The van der Waals surface area contributed by atoms with Gasteiger partial charge in [0.05, 0.1) is 0 Å². The number of carboxylic acid groups (broad SMARTS) is 1. The summed E-state index contributed by atoms with van der Waals surface area (Å²) in [6.45, 7) is 5.87. The van der Waals surface area contributed by atoms with E-state index in [1.807, 2.05) is 6.92 Å². The SMILES string of the molecule is CCC1CCN(C(=O)NC2(C)CCOCC2)C(C(=O)O)C1. The number of aliphatic carboxylic acids is 1. The maximum absolute atomic E-state index is 12.5. The van der Waals surface area contributed by atoms with Crippen molar-refractivity contribution in [2.45, 2.75) is 57.5 Å². The average molecular weight is 298 g/mol. The van der Waals surface area contributed by atoms with Gasteiger partial charge in [0.2, 0.25) is 0 Å². The van der Waals surface area contributed by atoms with Crippen LogP contribution in [0.3, 0.4) is 0 Å². The predicted octanol–water partition coefficient (Wildman–Crippen LogP) is 1.84. The largest absolute Gasteiger partial charge is 0.480 e. The minimum atomic E-state index is -0.902. The van der Waals surface area contributed by atoms with Crippen molar-refractivity contribution < 1.29 is 19.4 Å². The second-order valence-corrected chi connectivity index (χ2v) is 6.45. The van der Waals surface area contributed by atoms with E-state index in [0.29, 0.717) is 32.1 Å². The number of nitrogens with one attached hydrogen (secondary N) is 1. The molecule has 2 unspecified atom stereocenters. The van der Waals surface area contributed by atoms with Gasteiger partial charge in [0.1, 0.15) is 6.04 Å². The van der Waals surface area contributed by atoms with E-state index in [0.717, 1.165) is 25.7 Å². The van der Waals surface area contributed by atoms with Crippen molar-refractivity contribution in [3.63, 3.8) is 0 Å². The number of carbonyl (C=O) groups excluding carboxylic acids is 1. The number of ether oxygens (including phenoxy) is 1. The zero-order chi connectivity index (χ0) is 15.5. The Morgan fingerprint density at radius 3 is 2.62 bits per heavy atom. The summed E-state index contributed by atoms with van der Waals surface area (Å²) in [7, 11) is 0. The van der Waals surface area contributed by atoms with Gasteiger partial charge in [-0.1, -0.05) is 13.3 Å². The smallest absolute Gasteiger partial charge is 0.326 e. The van der Waals surface area contributed by atoms with Gasteiger partial charge in [-0.3, -0.25) is 0 Å². The quantitative estimate of drug-likeness (QED) is 0.833. The average Bonchev–Trinajstić information content (AvgIpc) is 2.46. The van der Waals surface area contributed by atoms with Gasteiger partial charge in [-0.05, 0) is 38.5 Å². The van der Waals surface area contributed by atoms with Crippen molar-refractivity contribution >= 4 is 12.0 Å². The molecule has 6 heteroatoms. The lowest BCUT2D eigenvalue weighted by atomic mass is 9.88. The molecule has 0 spiro atoms. The zero-order valence-corrected chi connectivity index (χ0v) is 12.9. The highest BCUT2D eigenvalue weighted by Crippen LogP contribution is 2.27. The number of piperidine rings is 1. The molecule has 6 nitrogen and oxygen atoms in total. The van der Waals surface area contributed by atoms with Gasteiger partial charge in [-0.15, -0.1) is 0 Å². The highest BCUT2D eigenvalue weighted by atomic mass is 16.5. The molecule has 0 bridgehead atoms. The number of carbonyl (C=O) groups is 2. The zero-order valence-electron chi connectivity index (χ0n) is 12.9. The summed E-state index contributed by atoms with van der Waals surface area (Å²) in [5.41, 5.74) is -0.292. The highest BCUT2D eigenvalue weighted by molar-refractivity contribution is 5.83. The number of carboxylic acids is 1. The normalized spacial score (nSPS) is 29.0. The molecule has 2 heterocycles.